The van der Waals surface area contributed by atoms with Gasteiger partial charge in [-0.1, -0.05) is 44.2 Å². The monoisotopic (exact) mass is 499 g/mol. The Hall–Kier alpha value is -3.41. The van der Waals surface area contributed by atoms with E-state index in [0.29, 0.717) is 5.41 Å². The number of piperidine rings is 1. The summed E-state index contributed by atoms with van der Waals surface area (Å²) in [4.78, 5) is 22.5. The fourth-order valence-corrected chi connectivity index (χ4v) is 5.90. The Bertz CT molecular complexity index is 1150. The Morgan fingerprint density at radius 3 is 2.14 bits per heavy atom. The number of nitrogens with two attached hydrogens (primary N) is 1. The molecule has 1 spiro atoms. The molecule has 6 nitrogen and oxygen atoms in total. The van der Waals surface area contributed by atoms with Gasteiger partial charge in [-0.25, -0.2) is 4.98 Å². The molecule has 3 aromatic rings. The topological polar surface area (TPSA) is 75.3 Å². The summed E-state index contributed by atoms with van der Waals surface area (Å²) in [5.41, 5.74) is 12.7. The van der Waals surface area contributed by atoms with Crippen LogP contribution in [-0.2, 0) is 17.6 Å². The van der Waals surface area contributed by atoms with Gasteiger partial charge in [0, 0.05) is 31.9 Å². The maximum atomic E-state index is 8.58. The smallest absolute Gasteiger partial charge is 0.204 e. The van der Waals surface area contributed by atoms with E-state index in [1.54, 1.807) is 11.1 Å². The van der Waals surface area contributed by atoms with E-state index in [-0.39, 0.29) is 6.41 Å². The lowest BCUT2D eigenvalue weighted by molar-refractivity contribution is -0.106. The van der Waals surface area contributed by atoms with Gasteiger partial charge in [-0.2, -0.15) is 0 Å². The van der Waals surface area contributed by atoms with Gasteiger partial charge >= 0.3 is 0 Å². The number of primary amides is 1. The third-order valence-electron chi connectivity index (χ3n) is 7.81. The number of aromatic nitrogens is 2. The number of amides is 1. The summed E-state index contributed by atoms with van der Waals surface area (Å²) < 4.78 is 0. The second-order valence-corrected chi connectivity index (χ2v) is 10.5. The minimum absolute atomic E-state index is 0.250. The second-order valence-electron chi connectivity index (χ2n) is 10.5. The van der Waals surface area contributed by atoms with Crippen molar-refractivity contribution in [1.82, 2.24) is 9.97 Å². The molecule has 2 heterocycles. The summed E-state index contributed by atoms with van der Waals surface area (Å²) in [5.74, 6) is 1.03. The summed E-state index contributed by atoms with van der Waals surface area (Å²) in [6, 6.07) is 16.4. The van der Waals surface area contributed by atoms with Crippen molar-refractivity contribution in [2.24, 2.45) is 11.1 Å². The van der Waals surface area contributed by atoms with E-state index in [2.05, 4.69) is 81.8 Å². The lowest BCUT2D eigenvalue weighted by Gasteiger charge is -2.39. The highest BCUT2D eigenvalue weighted by molar-refractivity contribution is 5.68. The van der Waals surface area contributed by atoms with Crippen LogP contribution in [0.2, 0.25) is 0 Å². The zero-order valence-corrected chi connectivity index (χ0v) is 22.6. The van der Waals surface area contributed by atoms with Gasteiger partial charge in [0.2, 0.25) is 6.41 Å². The minimum Gasteiger partial charge on any atom is -0.372 e. The van der Waals surface area contributed by atoms with Gasteiger partial charge in [0.15, 0.2) is 0 Å². The molecular formula is C31H41N5O. The van der Waals surface area contributed by atoms with Crippen LogP contribution in [0, 0.1) is 12.3 Å². The van der Waals surface area contributed by atoms with Crippen molar-refractivity contribution in [3.63, 3.8) is 0 Å². The van der Waals surface area contributed by atoms with Gasteiger partial charge < -0.3 is 15.5 Å². The van der Waals surface area contributed by atoms with E-state index in [9.17, 15) is 0 Å². The van der Waals surface area contributed by atoms with Crippen molar-refractivity contribution < 1.29 is 4.79 Å². The Morgan fingerprint density at radius 2 is 1.54 bits per heavy atom. The Kier molecular flexibility index (Phi) is 8.80. The van der Waals surface area contributed by atoms with Crippen molar-refractivity contribution in [3.05, 3.63) is 71.7 Å². The molecule has 2 N–H and O–H groups in total. The number of carbonyl (C=O) groups excluding carboxylic acids is 1. The van der Waals surface area contributed by atoms with Crippen LogP contribution in [0.25, 0.3) is 11.1 Å². The predicted molar refractivity (Wildman–Crippen MR) is 153 cm³/mol. The number of anilines is 2. The van der Waals surface area contributed by atoms with Gasteiger partial charge in [0.1, 0.15) is 5.82 Å². The van der Waals surface area contributed by atoms with Crippen LogP contribution in [0.1, 0.15) is 56.4 Å². The Morgan fingerprint density at radius 1 is 0.919 bits per heavy atom. The quantitative estimate of drug-likeness (QED) is 0.431. The number of nitrogens with zero attached hydrogens (tertiary/aromatic N) is 4. The lowest BCUT2D eigenvalue weighted by atomic mass is 9.76. The van der Waals surface area contributed by atoms with Crippen molar-refractivity contribution >= 4 is 17.9 Å². The summed E-state index contributed by atoms with van der Waals surface area (Å²) >= 11 is 0. The normalized spacial score (nSPS) is 15.6. The highest BCUT2D eigenvalue weighted by Crippen LogP contribution is 2.46. The first kappa shape index (κ1) is 26.6. The van der Waals surface area contributed by atoms with Crippen molar-refractivity contribution in [2.45, 2.75) is 59.3 Å². The van der Waals surface area contributed by atoms with E-state index in [1.165, 1.54) is 55.3 Å². The van der Waals surface area contributed by atoms with E-state index >= 15 is 0 Å². The SMILES string of the molecule is CCCN(CCC)c1ccc(-c2ccc3c(c2)CC2(CCN(c4cnc(C)cn4)CC2)C3)cc1.NC=O. The van der Waals surface area contributed by atoms with E-state index in [4.69, 9.17) is 4.79 Å². The molecule has 1 aromatic heterocycles. The van der Waals surface area contributed by atoms with E-state index in [1.807, 2.05) is 19.3 Å². The summed E-state index contributed by atoms with van der Waals surface area (Å²) in [7, 11) is 0. The number of benzene rings is 2. The molecular weight excluding hydrogens is 458 g/mol. The summed E-state index contributed by atoms with van der Waals surface area (Å²) in [5, 5.41) is 0. The molecule has 2 aromatic carbocycles. The standard InChI is InChI=1S/C30H38N4.CH3NO/c1-4-14-33(15-5-2)28-10-8-24(9-11-28)25-6-7-26-19-30(20-27(26)18-25)12-16-34(17-13-30)29-22-31-23(3)21-32-29;2-1-3/h6-11,18,21-22H,4-5,12-17,19-20H2,1-3H3;1H,(H2,2,3). The average molecular weight is 500 g/mol. The maximum absolute atomic E-state index is 8.58. The fourth-order valence-electron chi connectivity index (χ4n) is 5.90. The molecule has 2 aliphatic rings. The molecule has 5 rings (SSSR count). The first-order valence-corrected chi connectivity index (χ1v) is 13.7. The van der Waals surface area contributed by atoms with Gasteiger partial charge in [-0.3, -0.25) is 9.78 Å². The largest absolute Gasteiger partial charge is 0.372 e. The number of hydrogen-bond acceptors (Lipinski definition) is 5. The van der Waals surface area contributed by atoms with Crippen LogP contribution in [0.5, 0.6) is 0 Å². The van der Waals surface area contributed by atoms with Crippen LogP contribution >= 0.6 is 0 Å². The van der Waals surface area contributed by atoms with E-state index in [0.717, 1.165) is 37.7 Å². The van der Waals surface area contributed by atoms with Crippen LogP contribution < -0.4 is 15.5 Å². The third-order valence-corrected chi connectivity index (χ3v) is 7.81. The number of hydrogen-bond donors (Lipinski definition) is 1. The Balaban J connectivity index is 0.00000102. The summed E-state index contributed by atoms with van der Waals surface area (Å²) in [6.45, 7) is 10.9. The van der Waals surface area contributed by atoms with Gasteiger partial charge in [0.25, 0.3) is 0 Å². The molecule has 37 heavy (non-hydrogen) atoms. The molecule has 0 radical (unpaired) electrons. The van der Waals surface area contributed by atoms with Gasteiger partial charge in [-0.05, 0) is 85.3 Å². The lowest BCUT2D eigenvalue weighted by Crippen LogP contribution is -2.41. The number of aryl methyl sites for hydroxylation is 1. The molecule has 196 valence electrons. The summed E-state index contributed by atoms with van der Waals surface area (Å²) in [6.07, 6.45) is 11.3. The van der Waals surface area contributed by atoms with Crippen molar-refractivity contribution in [1.29, 1.82) is 0 Å². The maximum Gasteiger partial charge on any atom is 0.204 e. The molecule has 1 aliphatic carbocycles. The predicted octanol–water partition coefficient (Wildman–Crippen LogP) is 5.57. The Labute approximate surface area is 221 Å². The van der Waals surface area contributed by atoms with Gasteiger partial charge in [0.05, 0.1) is 18.1 Å². The van der Waals surface area contributed by atoms with Crippen molar-refractivity contribution in [2.75, 3.05) is 36.0 Å². The van der Waals surface area contributed by atoms with Crippen LogP contribution in [0.3, 0.4) is 0 Å². The van der Waals surface area contributed by atoms with Crippen LogP contribution in [0.4, 0.5) is 11.5 Å². The molecule has 6 heteroatoms. The molecule has 0 unspecified atom stereocenters. The number of fused-ring (bicyclic) bond motifs is 1. The van der Waals surface area contributed by atoms with Crippen molar-refractivity contribution in [3.8, 4) is 11.1 Å². The highest BCUT2D eigenvalue weighted by atomic mass is 16.1. The first-order valence-electron chi connectivity index (χ1n) is 13.7. The number of rotatable bonds is 7. The third kappa shape index (κ3) is 6.30. The second kappa shape index (κ2) is 12.2. The average Bonchev–Trinajstić information content (AvgIpc) is 3.27. The molecule has 1 fully saturated rings. The zero-order valence-electron chi connectivity index (χ0n) is 22.6. The molecule has 1 amide bonds. The first-order chi connectivity index (χ1) is 18.0. The van der Waals surface area contributed by atoms with Gasteiger partial charge in [-0.15, -0.1) is 0 Å². The van der Waals surface area contributed by atoms with Crippen LogP contribution in [-0.4, -0.2) is 42.6 Å². The molecule has 0 atom stereocenters. The zero-order chi connectivity index (χ0) is 26.3. The van der Waals surface area contributed by atoms with Crippen LogP contribution in [0.15, 0.2) is 54.9 Å². The number of carbonyl (C=O) groups is 1. The minimum atomic E-state index is 0.250. The molecule has 1 aliphatic heterocycles. The molecule has 1 saturated heterocycles. The highest BCUT2D eigenvalue weighted by Gasteiger charge is 2.40. The molecule has 0 bridgehead atoms. The fraction of sp³-hybridized carbons (Fsp3) is 0.452. The molecule has 0 saturated carbocycles. The van der Waals surface area contributed by atoms with E-state index < -0.39 is 0 Å².